The largest absolute Gasteiger partial charge is 0.447 e. The molecule has 1 unspecified atom stereocenters. The predicted molar refractivity (Wildman–Crippen MR) is 57.1 cm³/mol. The third kappa shape index (κ3) is 2.17. The molecule has 0 aliphatic carbocycles. The summed E-state index contributed by atoms with van der Waals surface area (Å²) in [6.07, 6.45) is 0.325. The van der Waals surface area contributed by atoms with Crippen LogP contribution in [0.5, 0.6) is 0 Å². The Balaban J connectivity index is 1.93. The van der Waals surface area contributed by atoms with Crippen molar-refractivity contribution in [2.75, 3.05) is 39.8 Å². The molecule has 0 radical (unpaired) electrons. The predicted octanol–water partition coefficient (Wildman–Crippen LogP) is -1.26. The molecule has 94 valence electrons. The molecule has 7 nitrogen and oxygen atoms in total. The number of hydrogen-bond donors (Lipinski definition) is 0. The van der Waals surface area contributed by atoms with Crippen molar-refractivity contribution in [2.45, 2.75) is 6.04 Å². The van der Waals surface area contributed by atoms with Crippen molar-refractivity contribution in [3.63, 3.8) is 0 Å². The van der Waals surface area contributed by atoms with Crippen molar-refractivity contribution in [1.29, 1.82) is 0 Å². The van der Waals surface area contributed by atoms with Crippen molar-refractivity contribution in [3.8, 4) is 0 Å². The summed E-state index contributed by atoms with van der Waals surface area (Å²) in [5.74, 6) is -0.108. The first-order valence-electron chi connectivity index (χ1n) is 5.51. The van der Waals surface area contributed by atoms with E-state index in [1.165, 1.54) is 4.90 Å². The molecule has 7 heteroatoms. The maximum absolute atomic E-state index is 12.1. The molecule has 0 saturated carbocycles. The van der Waals surface area contributed by atoms with Crippen molar-refractivity contribution in [2.24, 2.45) is 0 Å². The monoisotopic (exact) mass is 241 g/mol. The quantitative estimate of drug-likeness (QED) is 0.566. The SMILES string of the molecule is CN1C(=O)OCC1C(=O)N1CCN(C=O)CC1. The maximum Gasteiger partial charge on any atom is 0.410 e. The maximum atomic E-state index is 12.1. The van der Waals surface area contributed by atoms with Gasteiger partial charge in [0.15, 0.2) is 0 Å². The fraction of sp³-hybridized carbons (Fsp3) is 0.700. The summed E-state index contributed by atoms with van der Waals surface area (Å²) in [7, 11) is 1.56. The van der Waals surface area contributed by atoms with Crippen LogP contribution in [-0.4, -0.2) is 79.0 Å². The van der Waals surface area contributed by atoms with E-state index >= 15 is 0 Å². The number of carbonyl (C=O) groups is 3. The van der Waals surface area contributed by atoms with Crippen LogP contribution in [0, 0.1) is 0 Å². The Kier molecular flexibility index (Phi) is 3.16. The number of piperazine rings is 1. The molecule has 2 rings (SSSR count). The average molecular weight is 241 g/mol. The van der Waals surface area contributed by atoms with Gasteiger partial charge in [0.25, 0.3) is 0 Å². The minimum Gasteiger partial charge on any atom is -0.447 e. The summed E-state index contributed by atoms with van der Waals surface area (Å²) in [4.78, 5) is 38.4. The van der Waals surface area contributed by atoms with Crippen LogP contribution in [-0.2, 0) is 14.3 Å². The van der Waals surface area contributed by atoms with E-state index in [4.69, 9.17) is 4.74 Å². The van der Waals surface area contributed by atoms with Crippen LogP contribution in [0.15, 0.2) is 0 Å². The summed E-state index contributed by atoms with van der Waals surface area (Å²) in [6, 6.07) is -0.523. The van der Waals surface area contributed by atoms with Gasteiger partial charge in [0, 0.05) is 33.2 Å². The number of carbonyl (C=O) groups excluding carboxylic acids is 3. The average Bonchev–Trinajstić information content (AvgIpc) is 2.69. The van der Waals surface area contributed by atoms with Gasteiger partial charge < -0.3 is 14.5 Å². The van der Waals surface area contributed by atoms with Crippen LogP contribution in [0.2, 0.25) is 0 Å². The molecule has 2 aliphatic heterocycles. The first-order chi connectivity index (χ1) is 8.13. The standard InChI is InChI=1S/C10H15N3O4/c1-11-8(6-17-10(11)16)9(15)13-4-2-12(7-14)3-5-13/h7-8H,2-6H2,1H3. The number of hydrogen-bond acceptors (Lipinski definition) is 4. The van der Waals surface area contributed by atoms with Crippen molar-refractivity contribution in [3.05, 3.63) is 0 Å². The van der Waals surface area contributed by atoms with Crippen LogP contribution in [0.4, 0.5) is 4.79 Å². The number of amides is 3. The topological polar surface area (TPSA) is 70.2 Å². The summed E-state index contributed by atoms with van der Waals surface area (Å²) in [5.41, 5.74) is 0. The van der Waals surface area contributed by atoms with Crippen LogP contribution in [0.25, 0.3) is 0 Å². The zero-order valence-corrected chi connectivity index (χ0v) is 9.66. The molecule has 0 aromatic carbocycles. The smallest absolute Gasteiger partial charge is 0.410 e. The van der Waals surface area contributed by atoms with Gasteiger partial charge in [-0.15, -0.1) is 0 Å². The molecule has 0 N–H and O–H groups in total. The van der Waals surface area contributed by atoms with Gasteiger partial charge >= 0.3 is 6.09 Å². The van der Waals surface area contributed by atoms with Gasteiger partial charge in [0.1, 0.15) is 12.6 Å². The molecule has 2 saturated heterocycles. The molecule has 0 aromatic heterocycles. The lowest BCUT2D eigenvalue weighted by molar-refractivity contribution is -0.138. The van der Waals surface area contributed by atoms with E-state index in [9.17, 15) is 14.4 Å². The zero-order chi connectivity index (χ0) is 12.4. The van der Waals surface area contributed by atoms with Crippen molar-refractivity contribution >= 4 is 18.4 Å². The Labute approximate surface area is 98.9 Å². The molecule has 2 fully saturated rings. The highest BCUT2D eigenvalue weighted by molar-refractivity contribution is 5.88. The fourth-order valence-electron chi connectivity index (χ4n) is 1.99. The van der Waals surface area contributed by atoms with E-state index in [1.807, 2.05) is 0 Å². The zero-order valence-electron chi connectivity index (χ0n) is 9.66. The summed E-state index contributed by atoms with van der Waals surface area (Å²) in [6.45, 7) is 2.22. The Morgan fingerprint density at radius 2 is 2.00 bits per heavy atom. The summed E-state index contributed by atoms with van der Waals surface area (Å²) >= 11 is 0. The Morgan fingerprint density at radius 3 is 2.47 bits per heavy atom. The number of cyclic esters (lactones) is 1. The number of ether oxygens (including phenoxy) is 1. The first kappa shape index (κ1) is 11.7. The van der Waals surface area contributed by atoms with Crippen molar-refractivity contribution < 1.29 is 19.1 Å². The molecule has 2 aliphatic rings. The van der Waals surface area contributed by atoms with E-state index < -0.39 is 12.1 Å². The van der Waals surface area contributed by atoms with E-state index in [-0.39, 0.29) is 12.5 Å². The number of nitrogens with zero attached hydrogens (tertiary/aromatic N) is 3. The Morgan fingerprint density at radius 1 is 1.35 bits per heavy atom. The Bertz CT molecular complexity index is 338. The van der Waals surface area contributed by atoms with Gasteiger partial charge in [-0.3, -0.25) is 14.5 Å². The first-order valence-corrected chi connectivity index (χ1v) is 5.51. The lowest BCUT2D eigenvalue weighted by Gasteiger charge is -2.34. The molecular weight excluding hydrogens is 226 g/mol. The van der Waals surface area contributed by atoms with Crippen LogP contribution < -0.4 is 0 Å². The van der Waals surface area contributed by atoms with E-state index in [1.54, 1.807) is 16.8 Å². The molecule has 2 heterocycles. The lowest BCUT2D eigenvalue weighted by Crippen LogP contribution is -2.53. The van der Waals surface area contributed by atoms with Gasteiger partial charge in [-0.1, -0.05) is 0 Å². The second-order valence-corrected chi connectivity index (χ2v) is 4.17. The normalized spacial score (nSPS) is 24.9. The van der Waals surface area contributed by atoms with Crippen LogP contribution in [0.1, 0.15) is 0 Å². The highest BCUT2D eigenvalue weighted by Crippen LogP contribution is 2.13. The second kappa shape index (κ2) is 4.60. The third-order valence-electron chi connectivity index (χ3n) is 3.18. The molecule has 0 spiro atoms. The fourth-order valence-corrected chi connectivity index (χ4v) is 1.99. The third-order valence-corrected chi connectivity index (χ3v) is 3.18. The molecular formula is C10H15N3O4. The molecule has 0 aromatic rings. The lowest BCUT2D eigenvalue weighted by atomic mass is 10.2. The minimum atomic E-state index is -0.523. The van der Waals surface area contributed by atoms with E-state index in [0.29, 0.717) is 26.2 Å². The van der Waals surface area contributed by atoms with Crippen LogP contribution >= 0.6 is 0 Å². The second-order valence-electron chi connectivity index (χ2n) is 4.17. The molecule has 17 heavy (non-hydrogen) atoms. The van der Waals surface area contributed by atoms with E-state index in [0.717, 1.165) is 6.41 Å². The van der Waals surface area contributed by atoms with Gasteiger partial charge in [-0.05, 0) is 0 Å². The minimum absolute atomic E-state index is 0.108. The highest BCUT2D eigenvalue weighted by atomic mass is 16.6. The molecule has 3 amide bonds. The Hall–Kier alpha value is -1.79. The molecule has 0 bridgehead atoms. The van der Waals surface area contributed by atoms with Gasteiger partial charge in [-0.2, -0.15) is 0 Å². The van der Waals surface area contributed by atoms with Crippen molar-refractivity contribution in [1.82, 2.24) is 14.7 Å². The number of rotatable bonds is 2. The van der Waals surface area contributed by atoms with Crippen LogP contribution in [0.3, 0.4) is 0 Å². The van der Waals surface area contributed by atoms with E-state index in [2.05, 4.69) is 0 Å². The van der Waals surface area contributed by atoms with Gasteiger partial charge in [-0.25, -0.2) is 4.79 Å². The molecule has 1 atom stereocenters. The highest BCUT2D eigenvalue weighted by Gasteiger charge is 2.38. The summed E-state index contributed by atoms with van der Waals surface area (Å²) in [5, 5.41) is 0. The number of likely N-dealkylation sites (N-methyl/N-ethyl adjacent to an activating group) is 1. The van der Waals surface area contributed by atoms with Gasteiger partial charge in [0.05, 0.1) is 0 Å². The van der Waals surface area contributed by atoms with Gasteiger partial charge in [0.2, 0.25) is 12.3 Å². The summed E-state index contributed by atoms with van der Waals surface area (Å²) < 4.78 is 4.80.